The van der Waals surface area contributed by atoms with Gasteiger partial charge in [0.1, 0.15) is 5.56 Å². The van der Waals surface area contributed by atoms with E-state index in [2.05, 4.69) is 15.4 Å². The lowest BCUT2D eigenvalue weighted by atomic mass is 9.86. The highest BCUT2D eigenvalue weighted by molar-refractivity contribution is 6.04. The molecule has 2 aliphatic carbocycles. The molecule has 0 spiro atoms. The van der Waals surface area contributed by atoms with E-state index in [-0.39, 0.29) is 65.0 Å². The maximum Gasteiger partial charge on any atom is 0.417 e. The van der Waals surface area contributed by atoms with Crippen LogP contribution in [-0.2, 0) is 12.7 Å². The Morgan fingerprint density at radius 3 is 2.58 bits per heavy atom. The molecular weight excluding hydrogens is 525 g/mol. The van der Waals surface area contributed by atoms with Crippen LogP contribution in [0.15, 0.2) is 24.4 Å². The first-order chi connectivity index (χ1) is 19.0. The lowest BCUT2D eigenvalue weighted by Gasteiger charge is -2.27. The third-order valence-corrected chi connectivity index (χ3v) is 8.61. The molecule has 12 heteroatoms. The Morgan fingerprint density at radius 2 is 1.93 bits per heavy atom. The smallest absolute Gasteiger partial charge is 0.396 e. The number of aliphatic hydroxyl groups is 1. The van der Waals surface area contributed by atoms with Gasteiger partial charge in [-0.05, 0) is 81.0 Å². The molecule has 40 heavy (non-hydrogen) atoms. The van der Waals surface area contributed by atoms with Crippen molar-refractivity contribution in [2.24, 2.45) is 11.8 Å². The maximum absolute atomic E-state index is 14.2. The van der Waals surface area contributed by atoms with Crippen LogP contribution in [0.1, 0.15) is 77.3 Å². The van der Waals surface area contributed by atoms with Crippen molar-refractivity contribution in [2.45, 2.75) is 70.3 Å². The van der Waals surface area contributed by atoms with E-state index in [1.165, 1.54) is 21.7 Å². The number of carbonyl (C=O) groups excluding carboxylic acids is 2. The summed E-state index contributed by atoms with van der Waals surface area (Å²) in [5.74, 6) is -0.533. The van der Waals surface area contributed by atoms with Crippen LogP contribution in [0.4, 0.5) is 19.0 Å². The molecule has 2 saturated carbocycles. The van der Waals surface area contributed by atoms with Gasteiger partial charge in [0, 0.05) is 37.0 Å². The third kappa shape index (κ3) is 4.67. The van der Waals surface area contributed by atoms with Crippen molar-refractivity contribution in [1.82, 2.24) is 24.8 Å². The van der Waals surface area contributed by atoms with Crippen molar-refractivity contribution < 1.29 is 27.9 Å². The molecule has 1 aliphatic heterocycles. The second-order valence-corrected chi connectivity index (χ2v) is 11.3. The zero-order valence-corrected chi connectivity index (χ0v) is 22.0. The van der Waals surface area contributed by atoms with Gasteiger partial charge in [-0.2, -0.15) is 13.2 Å². The first kappa shape index (κ1) is 26.5. The fraction of sp³-hybridized carbons (Fsp3) is 0.500. The number of amides is 2. The number of aliphatic hydroxyl groups excluding tert-OH is 1. The number of nitrogens with zero attached hydrogens (tertiary/aromatic N) is 4. The van der Waals surface area contributed by atoms with Gasteiger partial charge < -0.3 is 21.1 Å². The minimum atomic E-state index is -4.74. The largest absolute Gasteiger partial charge is 0.417 e. The Morgan fingerprint density at radius 1 is 1.20 bits per heavy atom. The average Bonchev–Trinajstić information content (AvgIpc) is 3.64. The van der Waals surface area contributed by atoms with Crippen LogP contribution in [-0.4, -0.2) is 55.1 Å². The van der Waals surface area contributed by atoms with Crippen molar-refractivity contribution >= 4 is 23.3 Å². The van der Waals surface area contributed by atoms with Crippen molar-refractivity contribution in [3.05, 3.63) is 46.6 Å². The van der Waals surface area contributed by atoms with E-state index in [0.717, 1.165) is 44.6 Å². The van der Waals surface area contributed by atoms with Crippen molar-refractivity contribution in [3.8, 4) is 11.3 Å². The zero-order chi connectivity index (χ0) is 28.3. The van der Waals surface area contributed by atoms with Crippen LogP contribution in [0.3, 0.4) is 0 Å². The number of hydrogen-bond acceptors (Lipinski definition) is 6. The number of nitrogens with one attached hydrogen (secondary N) is 1. The van der Waals surface area contributed by atoms with E-state index in [9.17, 15) is 27.9 Å². The number of anilines is 1. The molecule has 212 valence electrons. The topological polar surface area (TPSA) is 126 Å². The second-order valence-electron chi connectivity index (χ2n) is 11.3. The number of aromatic nitrogens is 3. The van der Waals surface area contributed by atoms with E-state index in [4.69, 9.17) is 5.73 Å². The third-order valence-electron chi connectivity index (χ3n) is 8.61. The lowest BCUT2D eigenvalue weighted by Crippen LogP contribution is -2.38. The SMILES string of the molecule is CC(C1CC1)N1Cc2cc(-c3ccn4nc(N)c(C(=O)NC5CCC(CO)CC5)c4n3)cc(C(F)(F)F)c2C1=O. The minimum Gasteiger partial charge on any atom is -0.396 e. The van der Waals surface area contributed by atoms with E-state index >= 15 is 0 Å². The molecule has 0 radical (unpaired) electrons. The summed E-state index contributed by atoms with van der Waals surface area (Å²) >= 11 is 0. The van der Waals surface area contributed by atoms with Gasteiger partial charge in [-0.15, -0.1) is 5.10 Å². The number of benzene rings is 1. The van der Waals surface area contributed by atoms with Crippen LogP contribution in [0.2, 0.25) is 0 Å². The second kappa shape index (κ2) is 9.76. The van der Waals surface area contributed by atoms with Crippen molar-refractivity contribution in [2.75, 3.05) is 12.3 Å². The Balaban J connectivity index is 1.35. The van der Waals surface area contributed by atoms with Gasteiger partial charge in [-0.3, -0.25) is 9.59 Å². The summed E-state index contributed by atoms with van der Waals surface area (Å²) in [6.07, 6.45) is 1.75. The van der Waals surface area contributed by atoms with Crippen LogP contribution >= 0.6 is 0 Å². The molecule has 9 nitrogen and oxygen atoms in total. The van der Waals surface area contributed by atoms with Crippen molar-refractivity contribution in [3.63, 3.8) is 0 Å². The van der Waals surface area contributed by atoms with Gasteiger partial charge in [0.2, 0.25) is 0 Å². The summed E-state index contributed by atoms with van der Waals surface area (Å²) in [6.45, 7) is 2.12. The molecule has 3 aliphatic rings. The monoisotopic (exact) mass is 556 g/mol. The highest BCUT2D eigenvalue weighted by atomic mass is 19.4. The van der Waals surface area contributed by atoms with Crippen LogP contribution in [0.5, 0.6) is 0 Å². The van der Waals surface area contributed by atoms with Gasteiger partial charge in [0.15, 0.2) is 11.5 Å². The summed E-state index contributed by atoms with van der Waals surface area (Å²) in [5.41, 5.74) is 5.70. The molecule has 0 saturated heterocycles. The highest BCUT2D eigenvalue weighted by Crippen LogP contribution is 2.43. The number of alkyl halides is 3. The van der Waals surface area contributed by atoms with Gasteiger partial charge in [0.25, 0.3) is 11.8 Å². The number of fused-ring (bicyclic) bond motifs is 2. The molecule has 3 aromatic rings. The van der Waals surface area contributed by atoms with Gasteiger partial charge in [0.05, 0.1) is 16.8 Å². The quantitative estimate of drug-likeness (QED) is 0.421. The Bertz CT molecular complexity index is 1490. The average molecular weight is 557 g/mol. The first-order valence-electron chi connectivity index (χ1n) is 13.7. The summed E-state index contributed by atoms with van der Waals surface area (Å²) in [6, 6.07) is 3.84. The Labute approximate surface area is 228 Å². The molecule has 2 aromatic heterocycles. The highest BCUT2D eigenvalue weighted by Gasteiger charge is 2.44. The van der Waals surface area contributed by atoms with E-state index in [0.29, 0.717) is 11.5 Å². The molecule has 2 fully saturated rings. The number of halogens is 3. The zero-order valence-electron chi connectivity index (χ0n) is 22.0. The van der Waals surface area contributed by atoms with Crippen LogP contribution in [0.25, 0.3) is 16.9 Å². The van der Waals surface area contributed by atoms with Crippen LogP contribution in [0, 0.1) is 11.8 Å². The predicted octanol–water partition coefficient (Wildman–Crippen LogP) is 4.03. The summed E-state index contributed by atoms with van der Waals surface area (Å²) in [4.78, 5) is 32.4. The minimum absolute atomic E-state index is 0.0357. The van der Waals surface area contributed by atoms with Gasteiger partial charge in [-0.1, -0.05) is 0 Å². The number of carbonyl (C=O) groups is 2. The molecule has 3 heterocycles. The molecule has 6 rings (SSSR count). The molecule has 2 amide bonds. The standard InChI is InChI=1S/C28H31F3N6O3/c1-14(16-4-5-16)36-12-18-10-17(11-20(28(29,30)31)22(18)27(36)40)21-8-9-37-25(34-21)23(24(32)35-37)26(39)33-19-6-2-15(13-38)3-7-19/h8-11,14-16,19,38H,2-7,12-13H2,1H3,(H2,32,35)(H,33,39). The Kier molecular flexibility index (Phi) is 6.47. The van der Waals surface area contributed by atoms with Crippen molar-refractivity contribution in [1.29, 1.82) is 0 Å². The van der Waals surface area contributed by atoms with Gasteiger partial charge in [-0.25, -0.2) is 9.50 Å². The summed E-state index contributed by atoms with van der Waals surface area (Å²) < 4.78 is 44.0. The molecule has 1 atom stereocenters. The number of hydrogen-bond donors (Lipinski definition) is 3. The van der Waals surface area contributed by atoms with E-state index in [1.807, 2.05) is 6.92 Å². The fourth-order valence-corrected chi connectivity index (χ4v) is 6.08. The van der Waals surface area contributed by atoms with E-state index in [1.54, 1.807) is 6.07 Å². The maximum atomic E-state index is 14.2. The fourth-order valence-electron chi connectivity index (χ4n) is 6.08. The molecular formula is C28H31F3N6O3. The molecule has 4 N–H and O–H groups in total. The molecule has 1 unspecified atom stereocenters. The number of nitrogen functional groups attached to an aromatic ring is 1. The number of rotatable bonds is 6. The Hall–Kier alpha value is -3.67. The molecule has 0 bridgehead atoms. The van der Waals surface area contributed by atoms with E-state index < -0.39 is 23.6 Å². The predicted molar refractivity (Wildman–Crippen MR) is 140 cm³/mol. The van der Waals surface area contributed by atoms with Gasteiger partial charge >= 0.3 is 6.18 Å². The summed E-state index contributed by atoms with van der Waals surface area (Å²) in [7, 11) is 0. The summed E-state index contributed by atoms with van der Waals surface area (Å²) in [5, 5.41) is 16.5. The molecule has 1 aromatic carbocycles. The first-order valence-corrected chi connectivity index (χ1v) is 13.7. The normalized spacial score (nSPS) is 22.0. The van der Waals surface area contributed by atoms with Crippen LogP contribution < -0.4 is 11.1 Å². The number of nitrogens with two attached hydrogens (primary N) is 1. The lowest BCUT2D eigenvalue weighted by molar-refractivity contribution is -0.137.